The summed E-state index contributed by atoms with van der Waals surface area (Å²) in [5.74, 6) is 2.07. The van der Waals surface area contributed by atoms with Crippen LogP contribution in [0.3, 0.4) is 0 Å². The third-order valence-electron chi connectivity index (χ3n) is 2.44. The van der Waals surface area contributed by atoms with E-state index in [1.54, 1.807) is 6.33 Å². The summed E-state index contributed by atoms with van der Waals surface area (Å²) in [4.78, 5) is 8.51. The molecule has 1 N–H and O–H groups in total. The van der Waals surface area contributed by atoms with Crippen molar-refractivity contribution in [2.45, 2.75) is 39.2 Å². The van der Waals surface area contributed by atoms with E-state index in [2.05, 4.69) is 41.5 Å². The first kappa shape index (κ1) is 13.3. The molecular formula is C12H21N3S. The molecule has 0 fully saturated rings. The van der Waals surface area contributed by atoms with Crippen LogP contribution in [0.4, 0.5) is 5.82 Å². The van der Waals surface area contributed by atoms with E-state index in [-0.39, 0.29) is 0 Å². The summed E-state index contributed by atoms with van der Waals surface area (Å²) in [6.07, 6.45) is 7.05. The van der Waals surface area contributed by atoms with E-state index in [0.29, 0.717) is 6.04 Å². The van der Waals surface area contributed by atoms with Crippen molar-refractivity contribution >= 4 is 17.6 Å². The van der Waals surface area contributed by atoms with Gasteiger partial charge in [-0.25, -0.2) is 9.97 Å². The number of thioether (sulfide) groups is 1. The quantitative estimate of drug-likeness (QED) is 0.794. The zero-order valence-corrected chi connectivity index (χ0v) is 11.2. The smallest absolute Gasteiger partial charge is 0.129 e. The number of hydrogen-bond donors (Lipinski definition) is 1. The van der Waals surface area contributed by atoms with Gasteiger partial charge >= 0.3 is 0 Å². The van der Waals surface area contributed by atoms with Gasteiger partial charge in [0.2, 0.25) is 0 Å². The minimum absolute atomic E-state index is 0.499. The molecule has 0 amide bonds. The number of aromatic nitrogens is 2. The molecule has 0 saturated heterocycles. The van der Waals surface area contributed by atoms with E-state index in [9.17, 15) is 0 Å². The largest absolute Gasteiger partial charge is 0.366 e. The Kier molecular flexibility index (Phi) is 6.23. The zero-order valence-electron chi connectivity index (χ0n) is 10.4. The van der Waals surface area contributed by atoms with Crippen molar-refractivity contribution in [2.75, 3.05) is 17.3 Å². The minimum atomic E-state index is 0.499. The number of nitrogens with zero attached hydrogens (tertiary/aromatic N) is 2. The molecule has 0 aliphatic carbocycles. The van der Waals surface area contributed by atoms with Gasteiger partial charge in [0.05, 0.1) is 0 Å². The maximum Gasteiger partial charge on any atom is 0.129 e. The van der Waals surface area contributed by atoms with E-state index in [1.807, 2.05) is 11.8 Å². The second kappa shape index (κ2) is 7.49. The fourth-order valence-electron chi connectivity index (χ4n) is 1.54. The predicted molar refractivity (Wildman–Crippen MR) is 72.1 cm³/mol. The molecule has 1 aromatic rings. The summed E-state index contributed by atoms with van der Waals surface area (Å²) in [6, 6.07) is 2.56. The van der Waals surface area contributed by atoms with Gasteiger partial charge in [-0.3, -0.25) is 0 Å². The minimum Gasteiger partial charge on any atom is -0.366 e. The second-order valence-corrected chi connectivity index (χ2v) is 4.76. The van der Waals surface area contributed by atoms with Crippen LogP contribution in [0.2, 0.25) is 0 Å². The number of aryl methyl sites for hydroxylation is 1. The monoisotopic (exact) mass is 239 g/mol. The van der Waals surface area contributed by atoms with E-state index < -0.39 is 0 Å². The molecule has 1 aromatic heterocycles. The summed E-state index contributed by atoms with van der Waals surface area (Å²) in [7, 11) is 0. The molecule has 4 heteroatoms. The van der Waals surface area contributed by atoms with Crippen LogP contribution in [0.5, 0.6) is 0 Å². The van der Waals surface area contributed by atoms with E-state index >= 15 is 0 Å². The van der Waals surface area contributed by atoms with Gasteiger partial charge in [0.15, 0.2) is 0 Å². The van der Waals surface area contributed by atoms with Crippen molar-refractivity contribution in [3.05, 3.63) is 18.1 Å². The van der Waals surface area contributed by atoms with Crippen LogP contribution in [0.1, 0.15) is 32.4 Å². The van der Waals surface area contributed by atoms with Gasteiger partial charge < -0.3 is 5.32 Å². The highest BCUT2D eigenvalue weighted by Crippen LogP contribution is 2.11. The van der Waals surface area contributed by atoms with Gasteiger partial charge in [-0.1, -0.05) is 20.3 Å². The number of rotatable bonds is 7. The van der Waals surface area contributed by atoms with Crippen LogP contribution < -0.4 is 5.32 Å². The zero-order chi connectivity index (χ0) is 11.8. The molecule has 1 unspecified atom stereocenters. The molecule has 0 spiro atoms. The molecule has 0 radical (unpaired) electrons. The fourth-order valence-corrected chi connectivity index (χ4v) is 2.26. The van der Waals surface area contributed by atoms with E-state index in [0.717, 1.165) is 36.5 Å². The number of anilines is 1. The molecule has 0 aliphatic rings. The lowest BCUT2D eigenvalue weighted by atomic mass is 10.2. The van der Waals surface area contributed by atoms with Gasteiger partial charge in [0.25, 0.3) is 0 Å². The highest BCUT2D eigenvalue weighted by Gasteiger charge is 2.06. The first-order chi connectivity index (χ1) is 7.80. The van der Waals surface area contributed by atoms with Crippen LogP contribution in [0.25, 0.3) is 0 Å². The number of hydrogen-bond acceptors (Lipinski definition) is 4. The van der Waals surface area contributed by atoms with Crippen LogP contribution in [-0.2, 0) is 6.42 Å². The van der Waals surface area contributed by atoms with Gasteiger partial charge in [-0.2, -0.15) is 11.8 Å². The SMILES string of the molecule is CCCc1cc(NC(CC)CSC)ncn1. The Morgan fingerprint density at radius 1 is 1.38 bits per heavy atom. The maximum absolute atomic E-state index is 4.26. The van der Waals surface area contributed by atoms with Crippen molar-refractivity contribution in [1.82, 2.24) is 9.97 Å². The van der Waals surface area contributed by atoms with E-state index in [1.165, 1.54) is 0 Å². The molecular weight excluding hydrogens is 218 g/mol. The lowest BCUT2D eigenvalue weighted by Gasteiger charge is -2.16. The molecule has 0 saturated carbocycles. The second-order valence-electron chi connectivity index (χ2n) is 3.85. The van der Waals surface area contributed by atoms with Crippen molar-refractivity contribution in [3.8, 4) is 0 Å². The van der Waals surface area contributed by atoms with Crippen LogP contribution in [-0.4, -0.2) is 28.0 Å². The van der Waals surface area contributed by atoms with Gasteiger partial charge in [0.1, 0.15) is 12.1 Å². The molecule has 90 valence electrons. The topological polar surface area (TPSA) is 37.8 Å². The molecule has 3 nitrogen and oxygen atoms in total. The Balaban J connectivity index is 2.60. The lowest BCUT2D eigenvalue weighted by Crippen LogP contribution is -2.21. The van der Waals surface area contributed by atoms with Crippen LogP contribution in [0, 0.1) is 0 Å². The van der Waals surface area contributed by atoms with Gasteiger partial charge in [-0.05, 0) is 19.1 Å². The Morgan fingerprint density at radius 2 is 2.19 bits per heavy atom. The van der Waals surface area contributed by atoms with Crippen molar-refractivity contribution in [3.63, 3.8) is 0 Å². The Hall–Kier alpha value is -0.770. The van der Waals surface area contributed by atoms with Gasteiger partial charge in [0, 0.05) is 23.6 Å². The Morgan fingerprint density at radius 3 is 2.81 bits per heavy atom. The summed E-state index contributed by atoms with van der Waals surface area (Å²) >= 11 is 1.86. The Bertz CT molecular complexity index is 304. The standard InChI is InChI=1S/C12H21N3S/c1-4-6-11-7-12(14-9-13-11)15-10(5-2)8-16-3/h7,9-10H,4-6,8H2,1-3H3,(H,13,14,15). The summed E-state index contributed by atoms with van der Waals surface area (Å²) < 4.78 is 0. The summed E-state index contributed by atoms with van der Waals surface area (Å²) in [5.41, 5.74) is 1.12. The molecule has 1 rings (SSSR count). The normalized spacial score (nSPS) is 12.4. The summed E-state index contributed by atoms with van der Waals surface area (Å²) in [6.45, 7) is 4.36. The summed E-state index contributed by atoms with van der Waals surface area (Å²) in [5, 5.41) is 3.46. The van der Waals surface area contributed by atoms with Crippen molar-refractivity contribution in [2.24, 2.45) is 0 Å². The highest BCUT2D eigenvalue weighted by atomic mass is 32.2. The predicted octanol–water partition coefficient (Wildman–Crippen LogP) is 2.98. The van der Waals surface area contributed by atoms with Crippen molar-refractivity contribution in [1.29, 1.82) is 0 Å². The highest BCUT2D eigenvalue weighted by molar-refractivity contribution is 7.98. The molecule has 1 atom stereocenters. The molecule has 1 heterocycles. The average molecular weight is 239 g/mol. The molecule has 0 bridgehead atoms. The molecule has 0 aromatic carbocycles. The van der Waals surface area contributed by atoms with Gasteiger partial charge in [-0.15, -0.1) is 0 Å². The third kappa shape index (κ3) is 4.39. The van der Waals surface area contributed by atoms with Crippen LogP contribution >= 0.6 is 11.8 Å². The Labute approximate surface area is 102 Å². The van der Waals surface area contributed by atoms with E-state index in [4.69, 9.17) is 0 Å². The fraction of sp³-hybridized carbons (Fsp3) is 0.667. The molecule has 0 aliphatic heterocycles. The number of nitrogens with one attached hydrogen (secondary N) is 1. The maximum atomic E-state index is 4.26. The third-order valence-corrected chi connectivity index (χ3v) is 3.18. The first-order valence-corrected chi connectivity index (χ1v) is 7.25. The average Bonchev–Trinajstić information content (AvgIpc) is 2.29. The first-order valence-electron chi connectivity index (χ1n) is 5.86. The lowest BCUT2D eigenvalue weighted by molar-refractivity contribution is 0.766. The van der Waals surface area contributed by atoms with Crippen molar-refractivity contribution < 1.29 is 0 Å². The molecule has 16 heavy (non-hydrogen) atoms. The van der Waals surface area contributed by atoms with Crippen LogP contribution in [0.15, 0.2) is 12.4 Å².